The lowest BCUT2D eigenvalue weighted by Crippen LogP contribution is -2.51. The molecule has 3 amide bonds. The van der Waals surface area contributed by atoms with Gasteiger partial charge in [-0.3, -0.25) is 15.0 Å². The fraction of sp³-hybridized carbons (Fsp3) is 0.364. The highest BCUT2D eigenvalue weighted by Crippen LogP contribution is 2.28. The predicted molar refractivity (Wildman–Crippen MR) is 113 cm³/mol. The summed E-state index contributed by atoms with van der Waals surface area (Å²) in [4.78, 5) is 28.4. The number of anilines is 1. The van der Waals surface area contributed by atoms with E-state index in [1.165, 1.54) is 0 Å². The minimum Gasteiger partial charge on any atom is -0.492 e. The molecule has 0 saturated carbocycles. The van der Waals surface area contributed by atoms with Crippen molar-refractivity contribution in [2.75, 3.05) is 44.2 Å². The highest BCUT2D eigenvalue weighted by atomic mass is 16.5. The lowest BCUT2D eigenvalue weighted by Gasteiger charge is -2.36. The quantitative estimate of drug-likeness (QED) is 0.751. The molecule has 1 heterocycles. The molecule has 0 radical (unpaired) electrons. The zero-order valence-corrected chi connectivity index (χ0v) is 16.8. The summed E-state index contributed by atoms with van der Waals surface area (Å²) in [6, 6.07) is 17.1. The number of piperazine rings is 1. The molecule has 0 atom stereocenters. The normalized spacial score (nSPS) is 14.3. The number of nitrogens with one attached hydrogen (secondary N) is 2. The molecule has 0 unspecified atom stereocenters. The number of carbonyl (C=O) groups is 2. The van der Waals surface area contributed by atoms with Crippen molar-refractivity contribution in [2.24, 2.45) is 0 Å². The van der Waals surface area contributed by atoms with Crippen molar-refractivity contribution in [3.05, 3.63) is 60.2 Å². The Hall–Kier alpha value is -3.06. The van der Waals surface area contributed by atoms with E-state index >= 15 is 0 Å². The Bertz CT molecular complexity index is 805. The molecular formula is C22H28N4O3. The molecule has 0 spiro atoms. The van der Waals surface area contributed by atoms with Crippen LogP contribution in [-0.4, -0.2) is 56.2 Å². The SMILES string of the molecule is CCOc1ccccc1N1CCN(CC(=O)NC(=O)NCc2ccccc2)CC1. The smallest absolute Gasteiger partial charge is 0.321 e. The molecule has 7 heteroatoms. The molecule has 2 aromatic carbocycles. The average molecular weight is 396 g/mol. The third-order valence-corrected chi connectivity index (χ3v) is 4.79. The Morgan fingerprint density at radius 3 is 2.38 bits per heavy atom. The average Bonchev–Trinajstić information content (AvgIpc) is 2.74. The number of imide groups is 1. The molecular weight excluding hydrogens is 368 g/mol. The van der Waals surface area contributed by atoms with Gasteiger partial charge in [0.2, 0.25) is 5.91 Å². The number of nitrogens with zero attached hydrogens (tertiary/aromatic N) is 2. The van der Waals surface area contributed by atoms with E-state index in [9.17, 15) is 9.59 Å². The van der Waals surface area contributed by atoms with Crippen LogP contribution in [0.25, 0.3) is 0 Å². The van der Waals surface area contributed by atoms with Gasteiger partial charge in [-0.05, 0) is 24.6 Å². The molecule has 1 saturated heterocycles. The van der Waals surface area contributed by atoms with Gasteiger partial charge < -0.3 is 15.0 Å². The number of amides is 3. The van der Waals surface area contributed by atoms with Crippen LogP contribution in [0.5, 0.6) is 5.75 Å². The van der Waals surface area contributed by atoms with Gasteiger partial charge in [-0.1, -0.05) is 42.5 Å². The zero-order chi connectivity index (χ0) is 20.5. The van der Waals surface area contributed by atoms with Crippen molar-refractivity contribution >= 4 is 17.6 Å². The molecule has 1 fully saturated rings. The Labute approximate surface area is 171 Å². The standard InChI is InChI=1S/C22H28N4O3/c1-2-29-20-11-7-6-10-19(20)26-14-12-25(13-15-26)17-21(27)24-22(28)23-16-18-8-4-3-5-9-18/h3-11H,2,12-17H2,1H3,(H2,23,24,27,28). The summed E-state index contributed by atoms with van der Waals surface area (Å²) >= 11 is 0. The first-order valence-corrected chi connectivity index (χ1v) is 9.96. The molecule has 2 aromatic rings. The maximum atomic E-state index is 12.2. The Balaban J connectivity index is 1.41. The summed E-state index contributed by atoms with van der Waals surface area (Å²) in [5.41, 5.74) is 2.07. The third kappa shape index (κ3) is 6.22. The molecule has 0 aliphatic carbocycles. The van der Waals surface area contributed by atoms with Crippen molar-refractivity contribution in [3.63, 3.8) is 0 Å². The van der Waals surface area contributed by atoms with E-state index in [4.69, 9.17) is 4.74 Å². The van der Waals surface area contributed by atoms with Gasteiger partial charge >= 0.3 is 6.03 Å². The maximum Gasteiger partial charge on any atom is 0.321 e. The van der Waals surface area contributed by atoms with Crippen LogP contribution in [-0.2, 0) is 11.3 Å². The van der Waals surface area contributed by atoms with Gasteiger partial charge in [0.1, 0.15) is 5.75 Å². The fourth-order valence-corrected chi connectivity index (χ4v) is 3.33. The molecule has 0 aromatic heterocycles. The van der Waals surface area contributed by atoms with Crippen molar-refractivity contribution in [1.29, 1.82) is 0 Å². The van der Waals surface area contributed by atoms with Gasteiger partial charge in [-0.2, -0.15) is 0 Å². The zero-order valence-electron chi connectivity index (χ0n) is 16.8. The molecule has 7 nitrogen and oxygen atoms in total. The van der Waals surface area contributed by atoms with Crippen molar-refractivity contribution in [2.45, 2.75) is 13.5 Å². The number of hydrogen-bond acceptors (Lipinski definition) is 5. The van der Waals surface area contributed by atoms with Crippen LogP contribution in [0.3, 0.4) is 0 Å². The van der Waals surface area contributed by atoms with E-state index in [2.05, 4.69) is 26.5 Å². The molecule has 1 aliphatic rings. The molecule has 3 rings (SSSR count). The maximum absolute atomic E-state index is 12.2. The van der Waals surface area contributed by atoms with Crippen LogP contribution in [0.15, 0.2) is 54.6 Å². The highest BCUT2D eigenvalue weighted by molar-refractivity contribution is 5.95. The van der Waals surface area contributed by atoms with Crippen LogP contribution in [0.1, 0.15) is 12.5 Å². The Kier molecular flexibility index (Phi) is 7.47. The second-order valence-electron chi connectivity index (χ2n) is 6.88. The summed E-state index contributed by atoms with van der Waals surface area (Å²) in [6.45, 7) is 6.30. The second kappa shape index (κ2) is 10.5. The number of benzene rings is 2. The summed E-state index contributed by atoms with van der Waals surface area (Å²) in [6.07, 6.45) is 0. The van der Waals surface area contributed by atoms with E-state index in [1.807, 2.05) is 55.5 Å². The van der Waals surface area contributed by atoms with Gasteiger partial charge in [0.25, 0.3) is 0 Å². The minimum absolute atomic E-state index is 0.208. The topological polar surface area (TPSA) is 73.9 Å². The minimum atomic E-state index is -0.469. The summed E-state index contributed by atoms with van der Waals surface area (Å²) in [5, 5.41) is 5.10. The van der Waals surface area contributed by atoms with Gasteiger partial charge in [-0.25, -0.2) is 4.79 Å². The first kappa shape index (κ1) is 20.7. The number of urea groups is 1. The number of para-hydroxylation sites is 2. The van der Waals surface area contributed by atoms with Crippen LogP contribution in [0.4, 0.5) is 10.5 Å². The van der Waals surface area contributed by atoms with Crippen molar-refractivity contribution < 1.29 is 14.3 Å². The summed E-state index contributed by atoms with van der Waals surface area (Å²) in [7, 11) is 0. The molecule has 29 heavy (non-hydrogen) atoms. The first-order valence-electron chi connectivity index (χ1n) is 9.96. The van der Waals surface area contributed by atoms with Crippen molar-refractivity contribution in [3.8, 4) is 5.75 Å². The van der Waals surface area contributed by atoms with E-state index in [1.54, 1.807) is 0 Å². The summed E-state index contributed by atoms with van der Waals surface area (Å²) < 4.78 is 5.72. The van der Waals surface area contributed by atoms with Crippen LogP contribution in [0, 0.1) is 0 Å². The molecule has 1 aliphatic heterocycles. The fourth-order valence-electron chi connectivity index (χ4n) is 3.33. The third-order valence-electron chi connectivity index (χ3n) is 4.79. The highest BCUT2D eigenvalue weighted by Gasteiger charge is 2.21. The monoisotopic (exact) mass is 396 g/mol. The lowest BCUT2D eigenvalue weighted by atomic mass is 10.2. The van der Waals surface area contributed by atoms with Crippen LogP contribution >= 0.6 is 0 Å². The number of ether oxygens (including phenoxy) is 1. The predicted octanol–water partition coefficient (Wildman–Crippen LogP) is 2.23. The Morgan fingerprint density at radius 2 is 1.66 bits per heavy atom. The van der Waals surface area contributed by atoms with E-state index in [-0.39, 0.29) is 12.5 Å². The van der Waals surface area contributed by atoms with Gasteiger partial charge in [0, 0.05) is 32.7 Å². The first-order chi connectivity index (χ1) is 14.2. The molecule has 2 N–H and O–H groups in total. The van der Waals surface area contributed by atoms with E-state index in [0.29, 0.717) is 13.2 Å². The number of hydrogen-bond donors (Lipinski definition) is 2. The van der Waals surface area contributed by atoms with Crippen LogP contribution in [0.2, 0.25) is 0 Å². The largest absolute Gasteiger partial charge is 0.492 e. The van der Waals surface area contributed by atoms with Crippen LogP contribution < -0.4 is 20.3 Å². The number of carbonyl (C=O) groups excluding carboxylic acids is 2. The second-order valence-corrected chi connectivity index (χ2v) is 6.88. The van der Waals surface area contributed by atoms with E-state index < -0.39 is 6.03 Å². The molecule has 0 bridgehead atoms. The van der Waals surface area contributed by atoms with Gasteiger partial charge in [0.15, 0.2) is 0 Å². The van der Waals surface area contributed by atoms with E-state index in [0.717, 1.165) is 43.2 Å². The summed E-state index contributed by atoms with van der Waals surface area (Å²) in [5.74, 6) is 0.593. The lowest BCUT2D eigenvalue weighted by molar-refractivity contribution is -0.121. The van der Waals surface area contributed by atoms with Gasteiger partial charge in [-0.15, -0.1) is 0 Å². The Morgan fingerprint density at radius 1 is 0.966 bits per heavy atom. The van der Waals surface area contributed by atoms with Crippen molar-refractivity contribution in [1.82, 2.24) is 15.5 Å². The van der Waals surface area contributed by atoms with Gasteiger partial charge in [0.05, 0.1) is 18.8 Å². The number of rotatable bonds is 7. The molecule has 154 valence electrons.